The molecule has 0 aliphatic carbocycles. The van der Waals surface area contributed by atoms with Crippen molar-refractivity contribution in [2.45, 2.75) is 43.8 Å². The highest BCUT2D eigenvalue weighted by atomic mass is 32.2. The lowest BCUT2D eigenvalue weighted by molar-refractivity contribution is -0.154. The van der Waals surface area contributed by atoms with Gasteiger partial charge < -0.3 is 9.47 Å². The SMILES string of the molecule is Cc1ccccc1S(=O)(=O)OC(C)C(=O)OCC1CCCO1. The summed E-state index contributed by atoms with van der Waals surface area (Å²) >= 11 is 0. The van der Waals surface area contributed by atoms with E-state index in [9.17, 15) is 13.2 Å². The van der Waals surface area contributed by atoms with Crippen LogP contribution in [0.4, 0.5) is 0 Å². The molecule has 1 aliphatic heterocycles. The zero-order chi connectivity index (χ0) is 16.2. The minimum atomic E-state index is -4.00. The number of hydrogen-bond donors (Lipinski definition) is 0. The second-order valence-corrected chi connectivity index (χ2v) is 6.76. The number of aryl methyl sites for hydroxylation is 1. The lowest BCUT2D eigenvalue weighted by Crippen LogP contribution is -2.29. The van der Waals surface area contributed by atoms with Gasteiger partial charge in [-0.2, -0.15) is 8.42 Å². The van der Waals surface area contributed by atoms with E-state index in [1.165, 1.54) is 13.0 Å². The van der Waals surface area contributed by atoms with Gasteiger partial charge in [-0.05, 0) is 38.3 Å². The molecule has 1 saturated heterocycles. The highest BCUT2D eigenvalue weighted by Crippen LogP contribution is 2.19. The van der Waals surface area contributed by atoms with Crippen LogP contribution in [0.5, 0.6) is 0 Å². The summed E-state index contributed by atoms with van der Waals surface area (Å²) in [4.78, 5) is 11.9. The molecule has 0 aromatic heterocycles. The summed E-state index contributed by atoms with van der Waals surface area (Å²) in [6.45, 7) is 3.80. The predicted octanol–water partition coefficient (Wildman–Crippen LogP) is 1.81. The standard InChI is InChI=1S/C15H20O6S/c1-11-6-3-4-8-14(11)22(17,18)21-12(2)15(16)20-10-13-7-5-9-19-13/h3-4,6,8,12-13H,5,7,9-10H2,1-2H3. The van der Waals surface area contributed by atoms with Crippen LogP contribution in [0.1, 0.15) is 25.3 Å². The normalized spacial score (nSPS) is 19.8. The number of ether oxygens (including phenoxy) is 2. The lowest BCUT2D eigenvalue weighted by atomic mass is 10.2. The van der Waals surface area contributed by atoms with Gasteiger partial charge in [0.25, 0.3) is 10.1 Å². The van der Waals surface area contributed by atoms with Gasteiger partial charge in [-0.3, -0.25) is 4.18 Å². The van der Waals surface area contributed by atoms with Crippen LogP contribution in [0.15, 0.2) is 29.2 Å². The Kier molecular flexibility index (Phi) is 5.55. The molecule has 0 N–H and O–H groups in total. The summed E-state index contributed by atoms with van der Waals surface area (Å²) in [5.74, 6) is -0.715. The van der Waals surface area contributed by atoms with E-state index in [4.69, 9.17) is 13.7 Å². The quantitative estimate of drug-likeness (QED) is 0.585. The summed E-state index contributed by atoms with van der Waals surface area (Å²) in [5, 5.41) is 0. The summed E-state index contributed by atoms with van der Waals surface area (Å²) in [6.07, 6.45) is 0.468. The number of hydrogen-bond acceptors (Lipinski definition) is 6. The van der Waals surface area contributed by atoms with E-state index < -0.39 is 22.2 Å². The molecule has 7 heteroatoms. The fourth-order valence-electron chi connectivity index (χ4n) is 2.19. The Morgan fingerprint density at radius 1 is 1.41 bits per heavy atom. The number of carbonyl (C=O) groups excluding carboxylic acids is 1. The van der Waals surface area contributed by atoms with Gasteiger partial charge in [0.2, 0.25) is 0 Å². The van der Waals surface area contributed by atoms with Crippen molar-refractivity contribution < 1.29 is 26.9 Å². The highest BCUT2D eigenvalue weighted by Gasteiger charge is 2.27. The molecular weight excluding hydrogens is 308 g/mol. The van der Waals surface area contributed by atoms with Crippen LogP contribution >= 0.6 is 0 Å². The van der Waals surface area contributed by atoms with Crippen LogP contribution in [0.3, 0.4) is 0 Å². The average Bonchev–Trinajstić information content (AvgIpc) is 2.97. The van der Waals surface area contributed by atoms with Crippen molar-refractivity contribution in [3.63, 3.8) is 0 Å². The molecule has 2 rings (SSSR count). The van der Waals surface area contributed by atoms with Gasteiger partial charge in [-0.25, -0.2) is 4.79 Å². The van der Waals surface area contributed by atoms with E-state index in [0.29, 0.717) is 12.2 Å². The molecule has 1 heterocycles. The Morgan fingerprint density at radius 3 is 2.77 bits per heavy atom. The maximum Gasteiger partial charge on any atom is 0.336 e. The van der Waals surface area contributed by atoms with Crippen molar-refractivity contribution in [3.8, 4) is 0 Å². The van der Waals surface area contributed by atoms with Gasteiger partial charge in [0.15, 0.2) is 6.10 Å². The molecule has 122 valence electrons. The van der Waals surface area contributed by atoms with Crippen molar-refractivity contribution >= 4 is 16.1 Å². The predicted molar refractivity (Wildman–Crippen MR) is 78.8 cm³/mol. The summed E-state index contributed by atoms with van der Waals surface area (Å²) in [6, 6.07) is 6.43. The van der Waals surface area contributed by atoms with E-state index in [1.807, 2.05) is 0 Å². The highest BCUT2D eigenvalue weighted by molar-refractivity contribution is 7.86. The van der Waals surface area contributed by atoms with E-state index in [2.05, 4.69) is 0 Å². The second-order valence-electron chi connectivity index (χ2n) is 5.22. The third kappa shape index (κ3) is 4.28. The fraction of sp³-hybridized carbons (Fsp3) is 0.533. The number of benzene rings is 1. The Labute approximate surface area is 130 Å². The first-order valence-corrected chi connectivity index (χ1v) is 8.58. The number of rotatable bonds is 6. The fourth-order valence-corrected chi connectivity index (χ4v) is 3.46. The molecule has 22 heavy (non-hydrogen) atoms. The summed E-state index contributed by atoms with van der Waals surface area (Å²) in [5.41, 5.74) is 0.558. The van der Waals surface area contributed by atoms with Crippen LogP contribution in [-0.2, 0) is 28.6 Å². The molecule has 0 bridgehead atoms. The maximum absolute atomic E-state index is 12.2. The molecule has 1 aliphatic rings. The van der Waals surface area contributed by atoms with Crippen LogP contribution in [0.2, 0.25) is 0 Å². The average molecular weight is 328 g/mol. The molecular formula is C15H20O6S. The van der Waals surface area contributed by atoms with Crippen molar-refractivity contribution in [1.29, 1.82) is 0 Å². The third-order valence-electron chi connectivity index (χ3n) is 3.40. The number of carbonyl (C=O) groups is 1. The van der Waals surface area contributed by atoms with Gasteiger partial charge in [0.05, 0.1) is 11.0 Å². The van der Waals surface area contributed by atoms with Crippen molar-refractivity contribution in [2.75, 3.05) is 13.2 Å². The first-order valence-electron chi connectivity index (χ1n) is 7.17. The van der Waals surface area contributed by atoms with E-state index in [-0.39, 0.29) is 17.6 Å². The van der Waals surface area contributed by atoms with E-state index >= 15 is 0 Å². The van der Waals surface area contributed by atoms with Crippen LogP contribution in [0, 0.1) is 6.92 Å². The number of esters is 1. The van der Waals surface area contributed by atoms with E-state index in [0.717, 1.165) is 12.8 Å². The first kappa shape index (κ1) is 16.9. The zero-order valence-corrected chi connectivity index (χ0v) is 13.5. The molecule has 2 atom stereocenters. The van der Waals surface area contributed by atoms with Crippen LogP contribution < -0.4 is 0 Å². The first-order chi connectivity index (χ1) is 10.4. The minimum absolute atomic E-state index is 0.0498. The monoisotopic (exact) mass is 328 g/mol. The van der Waals surface area contributed by atoms with Gasteiger partial charge in [-0.1, -0.05) is 18.2 Å². The molecule has 2 unspecified atom stereocenters. The maximum atomic E-state index is 12.2. The minimum Gasteiger partial charge on any atom is -0.461 e. The van der Waals surface area contributed by atoms with Gasteiger partial charge in [-0.15, -0.1) is 0 Å². The van der Waals surface area contributed by atoms with Crippen molar-refractivity contribution in [3.05, 3.63) is 29.8 Å². The topological polar surface area (TPSA) is 78.9 Å². The smallest absolute Gasteiger partial charge is 0.336 e. The Morgan fingerprint density at radius 2 is 2.14 bits per heavy atom. The van der Waals surface area contributed by atoms with Crippen molar-refractivity contribution in [2.24, 2.45) is 0 Å². The summed E-state index contributed by atoms with van der Waals surface area (Å²) in [7, 11) is -4.00. The van der Waals surface area contributed by atoms with Gasteiger partial charge in [0, 0.05) is 6.61 Å². The third-order valence-corrected chi connectivity index (χ3v) is 4.94. The lowest BCUT2D eigenvalue weighted by Gasteiger charge is -2.15. The molecule has 0 saturated carbocycles. The Bertz CT molecular complexity index is 619. The molecule has 0 amide bonds. The Balaban J connectivity index is 1.93. The zero-order valence-electron chi connectivity index (χ0n) is 12.7. The van der Waals surface area contributed by atoms with Gasteiger partial charge >= 0.3 is 5.97 Å². The van der Waals surface area contributed by atoms with Crippen LogP contribution in [0.25, 0.3) is 0 Å². The molecule has 0 radical (unpaired) electrons. The van der Waals surface area contributed by atoms with Gasteiger partial charge in [0.1, 0.15) is 6.61 Å². The Hall–Kier alpha value is -1.44. The molecule has 1 fully saturated rings. The molecule has 6 nitrogen and oxygen atoms in total. The van der Waals surface area contributed by atoms with Crippen molar-refractivity contribution in [1.82, 2.24) is 0 Å². The molecule has 1 aromatic carbocycles. The second kappa shape index (κ2) is 7.21. The summed E-state index contributed by atoms with van der Waals surface area (Å²) < 4.78 is 39.7. The van der Waals surface area contributed by atoms with Crippen LogP contribution in [-0.4, -0.2) is 39.8 Å². The largest absolute Gasteiger partial charge is 0.461 e. The van der Waals surface area contributed by atoms with E-state index in [1.54, 1.807) is 25.1 Å². The molecule has 0 spiro atoms. The molecule has 1 aromatic rings.